The molecular weight excluding hydrogens is 385 g/mol. The number of anilines is 2. The van der Waals surface area contributed by atoms with Crippen molar-refractivity contribution in [2.45, 2.75) is 6.42 Å². The molecule has 2 heterocycles. The van der Waals surface area contributed by atoms with Crippen molar-refractivity contribution in [2.75, 3.05) is 5.32 Å². The zero-order valence-electron chi connectivity index (χ0n) is 12.6. The fraction of sp³-hybridized carbons (Fsp3) is 0.0625. The molecule has 0 amide bonds. The predicted molar refractivity (Wildman–Crippen MR) is 98.0 cm³/mol. The van der Waals surface area contributed by atoms with Gasteiger partial charge >= 0.3 is 6.01 Å². The van der Waals surface area contributed by atoms with Gasteiger partial charge in [-0.05, 0) is 29.8 Å². The van der Waals surface area contributed by atoms with Crippen molar-refractivity contribution in [3.05, 3.63) is 63.1 Å². The fourth-order valence-electron chi connectivity index (χ4n) is 2.39. The van der Waals surface area contributed by atoms with E-state index in [4.69, 9.17) is 39.2 Å². The lowest BCUT2D eigenvalue weighted by Gasteiger charge is -2.04. The monoisotopic (exact) mass is 393 g/mol. The van der Waals surface area contributed by atoms with Gasteiger partial charge in [-0.2, -0.15) is 5.10 Å². The van der Waals surface area contributed by atoms with Gasteiger partial charge in [-0.25, -0.2) is 0 Å². The van der Waals surface area contributed by atoms with E-state index in [1.165, 1.54) is 0 Å². The highest BCUT2D eigenvalue weighted by molar-refractivity contribution is 6.42. The molecule has 0 radical (unpaired) electrons. The second-order valence-corrected chi connectivity index (χ2v) is 6.50. The van der Waals surface area contributed by atoms with Crippen LogP contribution in [0, 0.1) is 0 Å². The van der Waals surface area contributed by atoms with E-state index in [2.05, 4.69) is 25.7 Å². The minimum Gasteiger partial charge on any atom is -0.408 e. The van der Waals surface area contributed by atoms with Crippen LogP contribution in [0.5, 0.6) is 0 Å². The van der Waals surface area contributed by atoms with E-state index in [-0.39, 0.29) is 6.01 Å². The van der Waals surface area contributed by atoms with E-state index in [0.29, 0.717) is 33.1 Å². The molecule has 9 heteroatoms. The van der Waals surface area contributed by atoms with Gasteiger partial charge in [0.25, 0.3) is 0 Å². The van der Waals surface area contributed by atoms with Gasteiger partial charge in [0.2, 0.25) is 5.89 Å². The van der Waals surface area contributed by atoms with E-state index >= 15 is 0 Å². The van der Waals surface area contributed by atoms with Crippen molar-refractivity contribution in [3.8, 4) is 0 Å². The number of hydrogen-bond donors (Lipinski definition) is 2. The van der Waals surface area contributed by atoms with Crippen LogP contribution in [0.25, 0.3) is 10.9 Å². The van der Waals surface area contributed by atoms with Crippen LogP contribution in [-0.4, -0.2) is 20.4 Å². The number of aromatic nitrogens is 4. The van der Waals surface area contributed by atoms with Gasteiger partial charge in [-0.3, -0.25) is 5.10 Å². The Morgan fingerprint density at radius 1 is 1.04 bits per heavy atom. The lowest BCUT2D eigenvalue weighted by atomic mass is 10.1. The average Bonchev–Trinajstić information content (AvgIpc) is 3.23. The first-order chi connectivity index (χ1) is 12.1. The quantitative estimate of drug-likeness (QED) is 0.495. The second-order valence-electron chi connectivity index (χ2n) is 5.31. The Balaban J connectivity index is 1.54. The van der Waals surface area contributed by atoms with Crippen LogP contribution in [0.15, 0.2) is 40.9 Å². The molecule has 6 nitrogen and oxygen atoms in total. The van der Waals surface area contributed by atoms with Crippen LogP contribution < -0.4 is 5.32 Å². The first-order valence-corrected chi connectivity index (χ1v) is 8.38. The van der Waals surface area contributed by atoms with Gasteiger partial charge in [0.15, 0.2) is 0 Å². The van der Waals surface area contributed by atoms with Crippen molar-refractivity contribution in [1.82, 2.24) is 20.4 Å². The Morgan fingerprint density at radius 3 is 2.76 bits per heavy atom. The molecule has 0 atom stereocenters. The summed E-state index contributed by atoms with van der Waals surface area (Å²) < 4.78 is 5.62. The molecule has 0 fully saturated rings. The molecule has 0 bridgehead atoms. The van der Waals surface area contributed by atoms with Gasteiger partial charge in [-0.1, -0.05) is 46.0 Å². The summed E-state index contributed by atoms with van der Waals surface area (Å²) in [5.41, 5.74) is 2.42. The van der Waals surface area contributed by atoms with E-state index in [0.717, 1.165) is 16.5 Å². The van der Waals surface area contributed by atoms with Gasteiger partial charge < -0.3 is 9.73 Å². The lowest BCUT2D eigenvalue weighted by molar-refractivity contribution is 0.521. The molecule has 0 spiro atoms. The van der Waals surface area contributed by atoms with E-state index < -0.39 is 0 Å². The van der Waals surface area contributed by atoms with E-state index in [9.17, 15) is 0 Å². The zero-order valence-corrected chi connectivity index (χ0v) is 14.8. The van der Waals surface area contributed by atoms with Gasteiger partial charge in [0.1, 0.15) is 0 Å². The SMILES string of the molecule is Clc1ccc(Cc2nnc(Nc3ccc4[nH]ncc4c3Cl)o2)cc1Cl. The fourth-order valence-corrected chi connectivity index (χ4v) is 2.98. The minimum atomic E-state index is 0.250. The number of aromatic amines is 1. The summed E-state index contributed by atoms with van der Waals surface area (Å²) in [5, 5.41) is 20.2. The number of hydrogen-bond acceptors (Lipinski definition) is 5. The van der Waals surface area contributed by atoms with Crippen molar-refractivity contribution in [1.29, 1.82) is 0 Å². The minimum absolute atomic E-state index is 0.250. The third-order valence-corrected chi connectivity index (χ3v) is 4.75. The van der Waals surface area contributed by atoms with Crippen molar-refractivity contribution in [3.63, 3.8) is 0 Å². The number of rotatable bonds is 4. The van der Waals surface area contributed by atoms with Crippen LogP contribution >= 0.6 is 34.8 Å². The Kier molecular flexibility index (Phi) is 4.25. The smallest absolute Gasteiger partial charge is 0.320 e. The summed E-state index contributed by atoms with van der Waals surface area (Å²) in [6, 6.07) is 9.28. The van der Waals surface area contributed by atoms with Gasteiger partial charge in [0, 0.05) is 5.39 Å². The Bertz CT molecular complexity index is 1060. The van der Waals surface area contributed by atoms with E-state index in [1.807, 2.05) is 18.2 Å². The number of nitrogens with zero attached hydrogens (tertiary/aromatic N) is 3. The summed E-state index contributed by atoms with van der Waals surface area (Å²) in [7, 11) is 0. The third kappa shape index (κ3) is 3.28. The van der Waals surface area contributed by atoms with E-state index in [1.54, 1.807) is 18.3 Å². The van der Waals surface area contributed by atoms with Gasteiger partial charge in [0.05, 0.1) is 38.9 Å². The summed E-state index contributed by atoms with van der Waals surface area (Å²) in [4.78, 5) is 0. The second kappa shape index (κ2) is 6.55. The number of benzene rings is 2. The lowest BCUT2D eigenvalue weighted by Crippen LogP contribution is -1.91. The summed E-state index contributed by atoms with van der Waals surface area (Å²) in [6.07, 6.45) is 2.10. The summed E-state index contributed by atoms with van der Waals surface area (Å²) >= 11 is 18.3. The molecule has 0 aliphatic heterocycles. The normalized spacial score (nSPS) is 11.2. The first-order valence-electron chi connectivity index (χ1n) is 7.25. The van der Waals surface area contributed by atoms with Crippen LogP contribution in [0.2, 0.25) is 15.1 Å². The van der Waals surface area contributed by atoms with Crippen LogP contribution in [-0.2, 0) is 6.42 Å². The number of fused-ring (bicyclic) bond motifs is 1. The maximum Gasteiger partial charge on any atom is 0.320 e. The molecule has 2 aromatic heterocycles. The maximum atomic E-state index is 6.36. The summed E-state index contributed by atoms with van der Waals surface area (Å²) in [6.45, 7) is 0. The molecule has 4 aromatic rings. The first kappa shape index (κ1) is 16.2. The molecular formula is C16H10Cl3N5O. The molecule has 0 saturated heterocycles. The Labute approximate surface area is 157 Å². The Hall–Kier alpha value is -2.28. The van der Waals surface area contributed by atoms with Crippen LogP contribution in [0.4, 0.5) is 11.7 Å². The Morgan fingerprint density at radius 2 is 1.92 bits per heavy atom. The molecule has 2 aromatic carbocycles. The molecule has 0 aliphatic carbocycles. The third-order valence-electron chi connectivity index (χ3n) is 3.61. The molecule has 2 N–H and O–H groups in total. The highest BCUT2D eigenvalue weighted by Gasteiger charge is 2.12. The number of halogens is 3. The van der Waals surface area contributed by atoms with Crippen molar-refractivity contribution < 1.29 is 4.42 Å². The molecule has 0 unspecified atom stereocenters. The predicted octanol–water partition coefficient (Wildman–Crippen LogP) is 5.24. The van der Waals surface area contributed by atoms with Gasteiger partial charge in [-0.15, -0.1) is 5.10 Å². The molecule has 0 saturated carbocycles. The zero-order chi connectivity index (χ0) is 17.4. The maximum absolute atomic E-state index is 6.36. The number of nitrogens with one attached hydrogen (secondary N) is 2. The van der Waals surface area contributed by atoms with Crippen LogP contribution in [0.3, 0.4) is 0 Å². The number of H-pyrrole nitrogens is 1. The molecule has 4 rings (SSSR count). The highest BCUT2D eigenvalue weighted by atomic mass is 35.5. The molecule has 0 aliphatic rings. The molecule has 25 heavy (non-hydrogen) atoms. The topological polar surface area (TPSA) is 79.6 Å². The van der Waals surface area contributed by atoms with Crippen molar-refractivity contribution >= 4 is 57.4 Å². The van der Waals surface area contributed by atoms with Crippen molar-refractivity contribution in [2.24, 2.45) is 0 Å². The highest BCUT2D eigenvalue weighted by Crippen LogP contribution is 2.31. The molecule has 126 valence electrons. The largest absolute Gasteiger partial charge is 0.408 e. The van der Waals surface area contributed by atoms with Crippen LogP contribution in [0.1, 0.15) is 11.5 Å². The summed E-state index contributed by atoms with van der Waals surface area (Å²) in [5.74, 6) is 0.446. The standard InChI is InChI=1S/C16H10Cl3N5O/c17-10-2-1-8(5-11(10)18)6-14-23-24-16(25-14)21-13-4-3-12-9(15(13)19)7-20-22-12/h1-5,7H,6H2,(H,20,22)(H,21,24). The average molecular weight is 395 g/mol.